The molecule has 236 valence electrons. The first-order valence-corrected chi connectivity index (χ1v) is 17.3. The molecule has 10 rings (SSSR count). The van der Waals surface area contributed by atoms with Crippen molar-refractivity contribution in [2.75, 3.05) is 0 Å². The Morgan fingerprint density at radius 2 is 1.00 bits per heavy atom. The van der Waals surface area contributed by atoms with Gasteiger partial charge >= 0.3 is 0 Å². The zero-order chi connectivity index (χ0) is 33.0. The molecule has 0 aliphatic heterocycles. The molecule has 0 saturated heterocycles. The Morgan fingerprint density at radius 1 is 0.420 bits per heavy atom. The van der Waals surface area contributed by atoms with Crippen LogP contribution in [0.2, 0.25) is 0 Å². The maximum atomic E-state index is 7.03. The van der Waals surface area contributed by atoms with Gasteiger partial charge in [0.05, 0.1) is 5.56 Å². The Hall–Kier alpha value is -6.38. The third-order valence-electron chi connectivity index (χ3n) is 10.2. The van der Waals surface area contributed by atoms with Crippen molar-refractivity contribution in [1.82, 2.24) is 0 Å². The first-order chi connectivity index (χ1) is 24.8. The van der Waals surface area contributed by atoms with E-state index in [1.807, 2.05) is 0 Å². The highest BCUT2D eigenvalue weighted by molar-refractivity contribution is 6.23. The highest BCUT2D eigenvalue weighted by Gasteiger charge is 2.25. The van der Waals surface area contributed by atoms with Crippen molar-refractivity contribution < 1.29 is 8.83 Å². The molecule has 0 amide bonds. The molecule has 2 nitrogen and oxygen atoms in total. The van der Waals surface area contributed by atoms with Gasteiger partial charge in [-0.25, -0.2) is 0 Å². The molecule has 0 radical (unpaired) electrons. The normalized spacial score (nSPS) is 14.6. The molecule has 7 aromatic carbocycles. The first-order valence-electron chi connectivity index (χ1n) is 17.3. The van der Waals surface area contributed by atoms with Crippen molar-refractivity contribution in [1.29, 1.82) is 0 Å². The Labute approximate surface area is 290 Å². The molecule has 0 spiro atoms. The number of benzene rings is 7. The summed E-state index contributed by atoms with van der Waals surface area (Å²) in [5.74, 6) is 0.206. The lowest BCUT2D eigenvalue weighted by Crippen LogP contribution is -2.01. The van der Waals surface area contributed by atoms with Crippen LogP contribution in [0, 0.1) is 0 Å². The smallest absolute Gasteiger partial charge is 0.147 e. The summed E-state index contributed by atoms with van der Waals surface area (Å²) >= 11 is 0. The van der Waals surface area contributed by atoms with Gasteiger partial charge in [0, 0.05) is 38.6 Å². The number of hydrogen-bond acceptors (Lipinski definition) is 2. The number of rotatable bonds is 5. The second-order valence-electron chi connectivity index (χ2n) is 13.2. The van der Waals surface area contributed by atoms with Gasteiger partial charge in [0.25, 0.3) is 0 Å². The summed E-state index contributed by atoms with van der Waals surface area (Å²) < 4.78 is 14.0. The van der Waals surface area contributed by atoms with Crippen molar-refractivity contribution in [3.8, 4) is 33.4 Å². The van der Waals surface area contributed by atoms with E-state index in [1.54, 1.807) is 0 Å². The second-order valence-corrected chi connectivity index (χ2v) is 13.2. The fourth-order valence-electron chi connectivity index (χ4n) is 7.85. The van der Waals surface area contributed by atoms with E-state index in [4.69, 9.17) is 8.83 Å². The number of hydrogen-bond donors (Lipinski definition) is 0. The standard InChI is InChI=1S/C48H32O2/c1-4-14-31(15-5-1)34-20-10-22-36(28-34)38-24-12-26-40-42-30-43-41-27-13-25-39(37-23-11-21-35(29-37)32-16-6-2-7-17-32)46(41)50-48(43)44(47(42)49-45(38)40)33-18-8-3-9-19-33/h1-28,30,37H,29H2. The van der Waals surface area contributed by atoms with Gasteiger partial charge in [0.1, 0.15) is 22.3 Å². The lowest BCUT2D eigenvalue weighted by molar-refractivity contribution is 0.652. The van der Waals surface area contributed by atoms with Crippen LogP contribution in [0.3, 0.4) is 0 Å². The fourth-order valence-corrected chi connectivity index (χ4v) is 7.85. The van der Waals surface area contributed by atoms with E-state index in [2.05, 4.69) is 176 Å². The Morgan fingerprint density at radius 3 is 1.74 bits per heavy atom. The van der Waals surface area contributed by atoms with E-state index in [0.717, 1.165) is 72.6 Å². The number of fused-ring (bicyclic) bond motifs is 6. The van der Waals surface area contributed by atoms with E-state index in [1.165, 1.54) is 27.8 Å². The molecule has 0 bridgehead atoms. The lowest BCUT2D eigenvalue weighted by Gasteiger charge is -2.19. The topological polar surface area (TPSA) is 26.3 Å². The van der Waals surface area contributed by atoms with Crippen molar-refractivity contribution in [2.45, 2.75) is 12.3 Å². The Kier molecular flexibility index (Phi) is 6.67. The van der Waals surface area contributed by atoms with E-state index in [-0.39, 0.29) is 5.92 Å². The van der Waals surface area contributed by atoms with E-state index < -0.39 is 0 Å². The third-order valence-corrected chi connectivity index (χ3v) is 10.2. The summed E-state index contributed by atoms with van der Waals surface area (Å²) in [4.78, 5) is 0. The van der Waals surface area contributed by atoms with Gasteiger partial charge in [-0.05, 0) is 51.9 Å². The van der Waals surface area contributed by atoms with Crippen molar-refractivity contribution >= 4 is 49.5 Å². The van der Waals surface area contributed by atoms with Crippen molar-refractivity contribution in [3.63, 3.8) is 0 Å². The van der Waals surface area contributed by atoms with Crippen LogP contribution in [0.4, 0.5) is 0 Å². The summed E-state index contributed by atoms with van der Waals surface area (Å²) in [6, 6.07) is 55.9. The molecule has 1 aliphatic carbocycles. The minimum atomic E-state index is 0.206. The predicted molar refractivity (Wildman–Crippen MR) is 208 cm³/mol. The van der Waals surface area contributed by atoms with E-state index in [0.29, 0.717) is 0 Å². The molecular weight excluding hydrogens is 609 g/mol. The van der Waals surface area contributed by atoms with Crippen LogP contribution in [-0.4, -0.2) is 0 Å². The van der Waals surface area contributed by atoms with E-state index >= 15 is 0 Å². The maximum absolute atomic E-state index is 7.03. The number of furan rings is 2. The van der Waals surface area contributed by atoms with Crippen LogP contribution in [-0.2, 0) is 0 Å². The van der Waals surface area contributed by atoms with Gasteiger partial charge in [0.15, 0.2) is 0 Å². The SMILES string of the molecule is C1=CC(c2cccc3c2oc2c(-c4ccccc4)c4oc5c(-c6cccc(-c7ccccc7)c6)cccc5c4cc23)CC(c2ccccc2)=C1. The summed E-state index contributed by atoms with van der Waals surface area (Å²) in [5.41, 5.74) is 14.0. The highest BCUT2D eigenvalue weighted by atomic mass is 16.3. The molecule has 0 N–H and O–H groups in total. The molecule has 50 heavy (non-hydrogen) atoms. The van der Waals surface area contributed by atoms with Crippen LogP contribution in [0.1, 0.15) is 23.5 Å². The summed E-state index contributed by atoms with van der Waals surface area (Å²) in [6.07, 6.45) is 7.66. The summed E-state index contributed by atoms with van der Waals surface area (Å²) in [6.45, 7) is 0. The quantitative estimate of drug-likeness (QED) is 0.187. The summed E-state index contributed by atoms with van der Waals surface area (Å²) in [5, 5.41) is 4.42. The van der Waals surface area contributed by atoms with Crippen LogP contribution in [0.5, 0.6) is 0 Å². The largest absolute Gasteiger partial charge is 0.455 e. The molecule has 9 aromatic rings. The number of para-hydroxylation sites is 2. The van der Waals surface area contributed by atoms with Gasteiger partial charge in [0.2, 0.25) is 0 Å². The minimum Gasteiger partial charge on any atom is -0.455 e. The molecule has 2 aromatic heterocycles. The molecule has 2 heteroatoms. The zero-order valence-corrected chi connectivity index (χ0v) is 27.3. The monoisotopic (exact) mass is 640 g/mol. The molecular formula is C48H32O2. The van der Waals surface area contributed by atoms with Crippen LogP contribution in [0.15, 0.2) is 185 Å². The highest BCUT2D eigenvalue weighted by Crippen LogP contribution is 2.48. The van der Waals surface area contributed by atoms with Gasteiger partial charge in [-0.2, -0.15) is 0 Å². The molecule has 1 atom stereocenters. The molecule has 1 aliphatic rings. The first kappa shape index (κ1) is 28.6. The zero-order valence-electron chi connectivity index (χ0n) is 27.3. The average molecular weight is 641 g/mol. The predicted octanol–water partition coefficient (Wildman–Crippen LogP) is 13.6. The third kappa shape index (κ3) is 4.64. The van der Waals surface area contributed by atoms with Crippen LogP contribution >= 0.6 is 0 Å². The molecule has 0 fully saturated rings. The Balaban J connectivity index is 1.18. The summed E-state index contributed by atoms with van der Waals surface area (Å²) in [7, 11) is 0. The van der Waals surface area contributed by atoms with Gasteiger partial charge in [-0.15, -0.1) is 0 Å². The van der Waals surface area contributed by atoms with Gasteiger partial charge in [-0.3, -0.25) is 0 Å². The van der Waals surface area contributed by atoms with Gasteiger partial charge < -0.3 is 8.83 Å². The Bertz CT molecular complexity index is 2760. The second kappa shape index (κ2) is 11.6. The average Bonchev–Trinajstić information content (AvgIpc) is 3.76. The van der Waals surface area contributed by atoms with E-state index in [9.17, 15) is 0 Å². The van der Waals surface area contributed by atoms with Crippen molar-refractivity contribution in [3.05, 3.63) is 187 Å². The van der Waals surface area contributed by atoms with Gasteiger partial charge in [-0.1, -0.05) is 164 Å². The van der Waals surface area contributed by atoms with Crippen LogP contribution in [0.25, 0.3) is 82.8 Å². The maximum Gasteiger partial charge on any atom is 0.147 e. The number of allylic oxidation sites excluding steroid dienone is 4. The lowest BCUT2D eigenvalue weighted by atomic mass is 9.85. The van der Waals surface area contributed by atoms with Crippen molar-refractivity contribution in [2.24, 2.45) is 0 Å². The molecule has 2 heterocycles. The molecule has 0 saturated carbocycles. The minimum absolute atomic E-state index is 0.206. The van der Waals surface area contributed by atoms with Crippen LogP contribution < -0.4 is 0 Å². The molecule has 1 unspecified atom stereocenters. The fraction of sp³-hybridized carbons (Fsp3) is 0.0417.